The van der Waals surface area contributed by atoms with Gasteiger partial charge in [0.1, 0.15) is 5.01 Å². The van der Waals surface area contributed by atoms with Gasteiger partial charge in [0.25, 0.3) is 0 Å². The molecule has 1 nitrogen and oxygen atoms in total. The van der Waals surface area contributed by atoms with Crippen LogP contribution in [0.15, 0.2) is 0 Å². The van der Waals surface area contributed by atoms with Crippen LogP contribution in [0.2, 0.25) is 11.6 Å². The maximum absolute atomic E-state index is 5.64. The van der Waals surface area contributed by atoms with Crippen LogP contribution in [0.3, 0.4) is 0 Å². The van der Waals surface area contributed by atoms with Crippen molar-refractivity contribution in [2.45, 2.75) is 50.7 Å². The zero-order valence-electron chi connectivity index (χ0n) is 8.78. The van der Waals surface area contributed by atoms with E-state index in [1.807, 2.05) is 0 Å². The van der Waals surface area contributed by atoms with Gasteiger partial charge < -0.3 is 4.74 Å². The predicted molar refractivity (Wildman–Crippen MR) is 60.3 cm³/mol. The van der Waals surface area contributed by atoms with Crippen molar-refractivity contribution >= 4 is 24.7 Å². The molecule has 0 aromatic rings. The van der Waals surface area contributed by atoms with E-state index in [0.29, 0.717) is 5.04 Å². The summed E-state index contributed by atoms with van der Waals surface area (Å²) in [5.74, 6) is 0. The maximum Gasteiger partial charge on any atom is 0.111 e. The average molecular weight is 252 g/mol. The van der Waals surface area contributed by atoms with Crippen molar-refractivity contribution in [3.05, 3.63) is 0 Å². The van der Waals surface area contributed by atoms with Crippen LogP contribution in [0, 0.1) is 0 Å². The molecule has 1 atom stereocenters. The molecule has 73 valence electrons. The van der Waals surface area contributed by atoms with Gasteiger partial charge in [-0.25, -0.2) is 0 Å². The Balaban J connectivity index is 3.64. The van der Waals surface area contributed by atoms with Gasteiger partial charge >= 0.3 is 0 Å². The second-order valence-corrected chi connectivity index (χ2v) is 8.53. The summed E-state index contributed by atoms with van der Waals surface area (Å²) in [7, 11) is -0.362. The van der Waals surface area contributed by atoms with Crippen LogP contribution in [0.1, 0.15) is 34.1 Å². The minimum absolute atomic E-state index is 0.250. The smallest absolute Gasteiger partial charge is 0.111 e. The molecule has 0 heterocycles. The quantitative estimate of drug-likeness (QED) is 0.548. The number of hydrogen-bond donors (Lipinski definition) is 0. The van der Waals surface area contributed by atoms with Gasteiger partial charge in [0.15, 0.2) is 0 Å². The van der Waals surface area contributed by atoms with E-state index in [9.17, 15) is 0 Å². The second kappa shape index (κ2) is 5.40. The van der Waals surface area contributed by atoms with Crippen LogP contribution < -0.4 is 0 Å². The van der Waals surface area contributed by atoms with E-state index in [0.717, 1.165) is 12.7 Å². The number of halogens is 1. The van der Waals surface area contributed by atoms with Crippen molar-refractivity contribution in [1.82, 2.24) is 0 Å². The summed E-state index contributed by atoms with van der Waals surface area (Å²) in [4.78, 5) is 0. The van der Waals surface area contributed by atoms with Crippen molar-refractivity contribution in [2.75, 3.05) is 6.23 Å². The van der Waals surface area contributed by atoms with Gasteiger partial charge in [0.2, 0.25) is 0 Å². The predicted octanol–water partition coefficient (Wildman–Crippen LogP) is 3.60. The largest absolute Gasteiger partial charge is 0.371 e. The van der Waals surface area contributed by atoms with Crippen LogP contribution in [0.25, 0.3) is 0 Å². The summed E-state index contributed by atoms with van der Waals surface area (Å²) in [6, 6.07) is 0. The molecule has 0 saturated heterocycles. The summed E-state index contributed by atoms with van der Waals surface area (Å²) in [5, 5.41) is 0.699. The third kappa shape index (κ3) is 5.33. The molecule has 12 heavy (non-hydrogen) atoms. The van der Waals surface area contributed by atoms with E-state index in [1.54, 1.807) is 0 Å². The highest BCUT2D eigenvalue weighted by molar-refractivity contribution is 9.09. The molecule has 0 fully saturated rings. The van der Waals surface area contributed by atoms with Crippen molar-refractivity contribution in [3.8, 4) is 0 Å². The van der Waals surface area contributed by atoms with Gasteiger partial charge in [-0.2, -0.15) is 0 Å². The summed E-state index contributed by atoms with van der Waals surface area (Å²) < 4.78 is 5.64. The Morgan fingerprint density at radius 3 is 2.25 bits per heavy atom. The van der Waals surface area contributed by atoms with Crippen LogP contribution in [0.5, 0.6) is 0 Å². The zero-order chi connectivity index (χ0) is 9.78. The number of ether oxygens (including phenoxy) is 1. The summed E-state index contributed by atoms with van der Waals surface area (Å²) in [5.41, 5.74) is 0. The Morgan fingerprint density at radius 2 is 1.92 bits per heavy atom. The van der Waals surface area contributed by atoms with Crippen molar-refractivity contribution in [3.63, 3.8) is 0 Å². The maximum atomic E-state index is 5.64. The number of rotatable bonds is 4. The SMILES string of the molecule is CCC(Br)OC[Si](C)C(C)(C)C. The molecule has 0 rings (SSSR count). The van der Waals surface area contributed by atoms with Gasteiger partial charge in [0.05, 0.1) is 8.80 Å². The molecule has 0 amide bonds. The molecule has 0 bridgehead atoms. The molecule has 0 aliphatic rings. The van der Waals surface area contributed by atoms with Gasteiger partial charge in [-0.1, -0.05) is 50.2 Å². The van der Waals surface area contributed by atoms with E-state index in [-0.39, 0.29) is 13.8 Å². The lowest BCUT2D eigenvalue weighted by Gasteiger charge is -2.26. The summed E-state index contributed by atoms with van der Waals surface area (Å²) in [6.07, 6.45) is 1.98. The van der Waals surface area contributed by atoms with E-state index >= 15 is 0 Å². The first-order chi connectivity index (χ1) is 5.38. The lowest BCUT2D eigenvalue weighted by atomic mass is 10.2. The molecule has 0 saturated carbocycles. The molecule has 0 spiro atoms. The highest BCUT2D eigenvalue weighted by atomic mass is 79.9. The Labute approximate surface area is 86.6 Å². The standard InChI is InChI=1S/C9H20BrOSi/c1-6-8(10)11-7-12(5)9(2,3)4/h8H,6-7H2,1-5H3. The molecule has 3 heteroatoms. The fourth-order valence-corrected chi connectivity index (χ4v) is 1.81. The van der Waals surface area contributed by atoms with Crippen molar-refractivity contribution < 1.29 is 4.74 Å². The molecular formula is C9H20BrOSi. The van der Waals surface area contributed by atoms with E-state index in [4.69, 9.17) is 4.74 Å². The molecule has 0 aromatic carbocycles. The highest BCUT2D eigenvalue weighted by Gasteiger charge is 2.22. The molecule has 0 aliphatic heterocycles. The van der Waals surface area contributed by atoms with Gasteiger partial charge in [0, 0.05) is 6.23 Å². The van der Waals surface area contributed by atoms with Crippen LogP contribution in [-0.4, -0.2) is 20.0 Å². The lowest BCUT2D eigenvalue weighted by molar-refractivity contribution is 0.151. The highest BCUT2D eigenvalue weighted by Crippen LogP contribution is 2.27. The van der Waals surface area contributed by atoms with Crippen LogP contribution in [-0.2, 0) is 4.74 Å². The fraction of sp³-hybridized carbons (Fsp3) is 1.00. The van der Waals surface area contributed by atoms with Crippen molar-refractivity contribution in [2.24, 2.45) is 0 Å². The fourth-order valence-electron chi connectivity index (χ4n) is 0.550. The molecule has 1 radical (unpaired) electrons. The van der Waals surface area contributed by atoms with Gasteiger partial charge in [-0.15, -0.1) is 0 Å². The van der Waals surface area contributed by atoms with E-state index in [2.05, 4.69) is 50.2 Å². The Morgan fingerprint density at radius 1 is 1.42 bits per heavy atom. The third-order valence-electron chi connectivity index (χ3n) is 2.08. The first-order valence-corrected chi connectivity index (χ1v) is 7.58. The molecule has 0 aromatic heterocycles. The average Bonchev–Trinajstić information content (AvgIpc) is 1.97. The third-order valence-corrected chi connectivity index (χ3v) is 6.15. The first-order valence-electron chi connectivity index (χ1n) is 4.46. The van der Waals surface area contributed by atoms with Crippen LogP contribution >= 0.6 is 15.9 Å². The van der Waals surface area contributed by atoms with Crippen LogP contribution in [0.4, 0.5) is 0 Å². The Kier molecular flexibility index (Phi) is 5.70. The molecule has 1 unspecified atom stereocenters. The van der Waals surface area contributed by atoms with Gasteiger partial charge in [-0.05, 0) is 11.5 Å². The minimum atomic E-state index is -0.362. The van der Waals surface area contributed by atoms with E-state index < -0.39 is 0 Å². The Bertz CT molecular complexity index is 122. The van der Waals surface area contributed by atoms with E-state index in [1.165, 1.54) is 0 Å². The Hall–Kier alpha value is 0.657. The summed E-state index contributed by atoms with van der Waals surface area (Å²) in [6.45, 7) is 11.3. The van der Waals surface area contributed by atoms with Crippen molar-refractivity contribution in [1.29, 1.82) is 0 Å². The first kappa shape index (κ1) is 12.7. The monoisotopic (exact) mass is 251 g/mol. The zero-order valence-corrected chi connectivity index (χ0v) is 11.4. The second-order valence-electron chi connectivity index (χ2n) is 4.16. The van der Waals surface area contributed by atoms with Gasteiger partial charge in [-0.3, -0.25) is 0 Å². The lowest BCUT2D eigenvalue weighted by Crippen LogP contribution is -2.29. The normalized spacial score (nSPS) is 15.2. The topological polar surface area (TPSA) is 9.23 Å². The number of alkyl halides is 1. The number of hydrogen-bond acceptors (Lipinski definition) is 1. The molecule has 0 N–H and O–H groups in total. The molecular weight excluding hydrogens is 232 g/mol. The molecule has 0 aliphatic carbocycles. The minimum Gasteiger partial charge on any atom is -0.371 e. The summed E-state index contributed by atoms with van der Waals surface area (Å²) >= 11 is 3.47.